The van der Waals surface area contributed by atoms with E-state index in [-0.39, 0.29) is 47.3 Å². The summed E-state index contributed by atoms with van der Waals surface area (Å²) in [7, 11) is 10.1. The number of esters is 2. The number of benzene rings is 3. The van der Waals surface area contributed by atoms with Gasteiger partial charge in [-0.05, 0) is 23.8 Å². The Kier molecular flexibility index (Phi) is 11.5. The Morgan fingerprint density at radius 1 is 0.756 bits per heavy atom. The maximum absolute atomic E-state index is 14.1. The van der Waals surface area contributed by atoms with Crippen molar-refractivity contribution in [3.63, 3.8) is 0 Å². The monoisotopic (exact) mass is 629 g/mol. The summed E-state index contributed by atoms with van der Waals surface area (Å²) in [5.41, 5.74) is 0.474. The predicted octanol–water partition coefficient (Wildman–Crippen LogP) is 3.81. The van der Waals surface area contributed by atoms with Crippen LogP contribution in [0.3, 0.4) is 0 Å². The quantitative estimate of drug-likeness (QED) is 0.189. The summed E-state index contributed by atoms with van der Waals surface area (Å²) in [6.45, 7) is 2.91. The van der Waals surface area contributed by atoms with E-state index in [9.17, 15) is 9.59 Å². The molecule has 1 heterocycles. The molecular weight excluding hydrogens is 590 g/mol. The molecule has 1 fully saturated rings. The smallest absolute Gasteiger partial charge is 0.342 e. The average Bonchev–Trinajstić information content (AvgIpc) is 3.08. The second kappa shape index (κ2) is 15.5. The zero-order valence-corrected chi connectivity index (χ0v) is 26.6. The minimum Gasteiger partial charge on any atom is -0.493 e. The van der Waals surface area contributed by atoms with Crippen molar-refractivity contribution in [3.05, 3.63) is 35.4 Å². The first-order valence-corrected chi connectivity index (χ1v) is 14.1. The molecule has 0 bridgehead atoms. The van der Waals surface area contributed by atoms with E-state index in [2.05, 4.69) is 4.90 Å². The number of carbonyl (C=O) groups excluding carboxylic acids is 2. The summed E-state index contributed by atoms with van der Waals surface area (Å²) in [4.78, 5) is 30.0. The van der Waals surface area contributed by atoms with Gasteiger partial charge < -0.3 is 47.4 Å². The Morgan fingerprint density at radius 2 is 1.44 bits per heavy atom. The van der Waals surface area contributed by atoms with Gasteiger partial charge in [0, 0.05) is 43.1 Å². The summed E-state index contributed by atoms with van der Waals surface area (Å²) >= 11 is 0. The van der Waals surface area contributed by atoms with Gasteiger partial charge in [0.2, 0.25) is 5.75 Å². The van der Waals surface area contributed by atoms with Crippen LogP contribution in [0.15, 0.2) is 24.3 Å². The number of morpholine rings is 1. The molecule has 1 aliphatic heterocycles. The van der Waals surface area contributed by atoms with Crippen molar-refractivity contribution in [2.24, 2.45) is 0 Å². The number of fused-ring (bicyclic) bond motifs is 1. The third-order valence-corrected chi connectivity index (χ3v) is 7.38. The van der Waals surface area contributed by atoms with Crippen LogP contribution in [-0.2, 0) is 18.9 Å². The molecule has 1 aliphatic rings. The second-order valence-corrected chi connectivity index (χ2v) is 9.72. The molecule has 45 heavy (non-hydrogen) atoms. The van der Waals surface area contributed by atoms with E-state index in [4.69, 9.17) is 47.4 Å². The number of hydrogen-bond donors (Lipinski definition) is 0. The van der Waals surface area contributed by atoms with Crippen LogP contribution in [0.1, 0.15) is 20.7 Å². The normalized spacial score (nSPS) is 13.2. The fourth-order valence-electron chi connectivity index (χ4n) is 5.30. The van der Waals surface area contributed by atoms with Crippen LogP contribution in [0.2, 0.25) is 0 Å². The van der Waals surface area contributed by atoms with Crippen molar-refractivity contribution >= 4 is 22.7 Å². The summed E-state index contributed by atoms with van der Waals surface area (Å²) in [5.74, 6) is -0.00760. The van der Waals surface area contributed by atoms with Crippen LogP contribution in [0, 0.1) is 0 Å². The lowest BCUT2D eigenvalue weighted by molar-refractivity contribution is 0.0186. The topological polar surface area (TPSA) is 130 Å². The number of hydrogen-bond acceptors (Lipinski definition) is 13. The first kappa shape index (κ1) is 33.4. The SMILES string of the molecule is COCOc1c(C(=O)OCCN2CCOCC2)c(C(=O)OC)c(-c2ccc(OC)c(OC)c2)c2c(OC)c(OC)c(OC)cc12. The highest BCUT2D eigenvalue weighted by Gasteiger charge is 2.35. The number of ether oxygens (including phenoxy) is 10. The Morgan fingerprint density at radius 3 is 2.04 bits per heavy atom. The zero-order chi connectivity index (χ0) is 32.5. The molecule has 0 amide bonds. The molecule has 0 unspecified atom stereocenters. The Hall–Kier alpha value is -4.46. The van der Waals surface area contributed by atoms with Gasteiger partial charge >= 0.3 is 11.9 Å². The van der Waals surface area contributed by atoms with Gasteiger partial charge in [-0.25, -0.2) is 9.59 Å². The van der Waals surface area contributed by atoms with Gasteiger partial charge in [0.25, 0.3) is 0 Å². The number of methoxy groups -OCH3 is 7. The van der Waals surface area contributed by atoms with E-state index in [1.807, 2.05) is 0 Å². The lowest BCUT2D eigenvalue weighted by atomic mass is 9.87. The molecule has 13 heteroatoms. The van der Waals surface area contributed by atoms with Crippen LogP contribution < -0.4 is 28.4 Å². The molecule has 0 aromatic heterocycles. The molecule has 0 saturated carbocycles. The average molecular weight is 630 g/mol. The second-order valence-electron chi connectivity index (χ2n) is 9.72. The van der Waals surface area contributed by atoms with Crippen molar-refractivity contribution < 1.29 is 57.0 Å². The number of rotatable bonds is 14. The van der Waals surface area contributed by atoms with Gasteiger partial charge in [-0.1, -0.05) is 6.07 Å². The highest BCUT2D eigenvalue weighted by molar-refractivity contribution is 6.20. The van der Waals surface area contributed by atoms with Crippen molar-refractivity contribution in [1.82, 2.24) is 4.90 Å². The molecule has 13 nitrogen and oxygen atoms in total. The molecule has 0 radical (unpaired) electrons. The van der Waals surface area contributed by atoms with E-state index in [1.165, 1.54) is 49.8 Å². The first-order valence-electron chi connectivity index (χ1n) is 14.1. The van der Waals surface area contributed by atoms with E-state index in [0.29, 0.717) is 66.4 Å². The van der Waals surface area contributed by atoms with Gasteiger partial charge in [-0.2, -0.15) is 0 Å². The van der Waals surface area contributed by atoms with Crippen molar-refractivity contribution in [1.29, 1.82) is 0 Å². The molecule has 3 aromatic carbocycles. The number of nitrogens with zero attached hydrogens (tertiary/aromatic N) is 1. The molecule has 1 saturated heterocycles. The van der Waals surface area contributed by atoms with Crippen LogP contribution in [0.5, 0.6) is 34.5 Å². The molecule has 0 spiro atoms. The fraction of sp³-hybridized carbons (Fsp3) is 0.438. The molecule has 0 aliphatic carbocycles. The minimum absolute atomic E-state index is 0.00658. The lowest BCUT2D eigenvalue weighted by Gasteiger charge is -2.26. The van der Waals surface area contributed by atoms with Crippen LogP contribution in [0.25, 0.3) is 21.9 Å². The van der Waals surface area contributed by atoms with Gasteiger partial charge in [0.05, 0.1) is 61.4 Å². The Labute approximate surface area is 261 Å². The molecular formula is C32H39NO12. The van der Waals surface area contributed by atoms with Gasteiger partial charge in [-0.15, -0.1) is 0 Å². The fourth-order valence-corrected chi connectivity index (χ4v) is 5.30. The van der Waals surface area contributed by atoms with Gasteiger partial charge in [0.15, 0.2) is 29.8 Å². The third kappa shape index (κ3) is 6.80. The number of carbonyl (C=O) groups is 2. The van der Waals surface area contributed by atoms with E-state index >= 15 is 0 Å². The first-order chi connectivity index (χ1) is 21.9. The molecule has 0 atom stereocenters. The summed E-state index contributed by atoms with van der Waals surface area (Å²) in [6.07, 6.45) is 0. The van der Waals surface area contributed by atoms with Crippen molar-refractivity contribution in [2.75, 3.05) is 96.0 Å². The highest BCUT2D eigenvalue weighted by Crippen LogP contribution is 2.53. The van der Waals surface area contributed by atoms with E-state index in [0.717, 1.165) is 0 Å². The highest BCUT2D eigenvalue weighted by atomic mass is 16.7. The van der Waals surface area contributed by atoms with Crippen LogP contribution >= 0.6 is 0 Å². The maximum Gasteiger partial charge on any atom is 0.342 e. The van der Waals surface area contributed by atoms with Crippen LogP contribution in [-0.4, -0.2) is 113 Å². The summed E-state index contributed by atoms with van der Waals surface area (Å²) in [6, 6.07) is 6.73. The summed E-state index contributed by atoms with van der Waals surface area (Å²) in [5, 5.41) is 0.734. The largest absolute Gasteiger partial charge is 0.493 e. The molecule has 4 rings (SSSR count). The molecule has 0 N–H and O–H groups in total. The lowest BCUT2D eigenvalue weighted by Crippen LogP contribution is -2.38. The van der Waals surface area contributed by atoms with E-state index in [1.54, 1.807) is 24.3 Å². The Bertz CT molecular complexity index is 1520. The maximum atomic E-state index is 14.1. The zero-order valence-electron chi connectivity index (χ0n) is 26.6. The molecule has 3 aromatic rings. The van der Waals surface area contributed by atoms with Gasteiger partial charge in [-0.3, -0.25) is 4.90 Å². The standard InChI is InChI=1S/C32H39NO12/c1-36-18-45-28-20-17-23(39-4)29(40-5)30(41-6)25(20)24(19-8-9-21(37-2)22(16-19)38-3)26(31(34)42-7)27(28)32(35)44-15-12-33-10-13-43-14-11-33/h8-9,16-17H,10-15,18H2,1-7H3. The van der Waals surface area contributed by atoms with Crippen LogP contribution in [0.4, 0.5) is 0 Å². The van der Waals surface area contributed by atoms with Gasteiger partial charge in [0.1, 0.15) is 17.9 Å². The molecule has 244 valence electrons. The minimum atomic E-state index is -0.819. The van der Waals surface area contributed by atoms with Crippen molar-refractivity contribution in [3.8, 4) is 45.6 Å². The summed E-state index contributed by atoms with van der Waals surface area (Å²) < 4.78 is 56.0. The predicted molar refractivity (Wildman–Crippen MR) is 164 cm³/mol. The third-order valence-electron chi connectivity index (χ3n) is 7.38. The van der Waals surface area contributed by atoms with Crippen molar-refractivity contribution in [2.45, 2.75) is 0 Å². The Balaban J connectivity index is 2.11. The van der Waals surface area contributed by atoms with E-state index < -0.39 is 11.9 Å².